The minimum absolute atomic E-state index is 0. The van der Waals surface area contributed by atoms with Crippen molar-refractivity contribution in [3.8, 4) is 0 Å². The number of nitrogens with zero attached hydrogens (tertiary/aromatic N) is 3. The average Bonchev–Trinajstić information content (AvgIpc) is 2.98. The molecule has 1 fully saturated rings. The first kappa shape index (κ1) is 27.7. The van der Waals surface area contributed by atoms with Crippen LogP contribution in [0.5, 0.6) is 0 Å². The number of rotatable bonds is 11. The van der Waals surface area contributed by atoms with Gasteiger partial charge in [-0.25, -0.2) is 4.99 Å². The standard InChI is InChI=1S/C24H41N5O.HI/c1-4-25-24(26-16-10-18-29-17-9-7-8-11-23(29)30)27-19-21-12-14-22(15-13-21)20-28(5-2)6-3;/h12-15H,4-11,16-20H2,1-3H3,(H2,25,26,27);1H. The van der Waals surface area contributed by atoms with Gasteiger partial charge in [0.1, 0.15) is 0 Å². The van der Waals surface area contributed by atoms with Gasteiger partial charge in [-0.3, -0.25) is 9.69 Å². The van der Waals surface area contributed by atoms with Gasteiger partial charge < -0.3 is 15.5 Å². The lowest BCUT2D eigenvalue weighted by Gasteiger charge is -2.20. The van der Waals surface area contributed by atoms with Crippen LogP contribution in [0.2, 0.25) is 0 Å². The smallest absolute Gasteiger partial charge is 0.222 e. The number of benzene rings is 1. The zero-order chi connectivity index (χ0) is 21.6. The van der Waals surface area contributed by atoms with Gasteiger partial charge in [0.25, 0.3) is 0 Å². The molecule has 1 saturated heterocycles. The molecule has 0 radical (unpaired) electrons. The first-order valence-electron chi connectivity index (χ1n) is 11.8. The number of aliphatic imine (C=N–C) groups is 1. The molecule has 1 aromatic rings. The second-order valence-electron chi connectivity index (χ2n) is 7.94. The maximum absolute atomic E-state index is 12.1. The fraction of sp³-hybridized carbons (Fsp3) is 0.667. The van der Waals surface area contributed by atoms with Crippen molar-refractivity contribution in [2.75, 3.05) is 39.3 Å². The van der Waals surface area contributed by atoms with Crippen LogP contribution in [-0.2, 0) is 17.9 Å². The Kier molecular flexibility index (Phi) is 14.6. The van der Waals surface area contributed by atoms with Gasteiger partial charge in [0.15, 0.2) is 5.96 Å². The van der Waals surface area contributed by atoms with Gasteiger partial charge in [-0.05, 0) is 50.4 Å². The molecule has 31 heavy (non-hydrogen) atoms. The summed E-state index contributed by atoms with van der Waals surface area (Å²) in [6, 6.07) is 8.77. The van der Waals surface area contributed by atoms with Crippen LogP contribution in [0, 0.1) is 0 Å². The Labute approximate surface area is 206 Å². The number of likely N-dealkylation sites (tertiary alicyclic amines) is 1. The van der Waals surface area contributed by atoms with Crippen molar-refractivity contribution in [3.63, 3.8) is 0 Å². The van der Waals surface area contributed by atoms with Crippen molar-refractivity contribution in [2.24, 2.45) is 4.99 Å². The molecule has 0 spiro atoms. The number of amides is 1. The summed E-state index contributed by atoms with van der Waals surface area (Å²) in [5.74, 6) is 1.16. The zero-order valence-electron chi connectivity index (χ0n) is 19.7. The number of carbonyl (C=O) groups is 1. The Morgan fingerprint density at radius 3 is 2.42 bits per heavy atom. The molecule has 6 nitrogen and oxygen atoms in total. The van der Waals surface area contributed by atoms with Gasteiger partial charge in [0.05, 0.1) is 6.54 Å². The highest BCUT2D eigenvalue weighted by molar-refractivity contribution is 14.0. The quantitative estimate of drug-likeness (QED) is 0.192. The van der Waals surface area contributed by atoms with Gasteiger partial charge in [0, 0.05) is 39.1 Å². The van der Waals surface area contributed by atoms with Crippen molar-refractivity contribution in [1.29, 1.82) is 0 Å². The molecule has 0 aliphatic carbocycles. The molecule has 2 rings (SSSR count). The third-order valence-corrected chi connectivity index (χ3v) is 5.66. The van der Waals surface area contributed by atoms with Gasteiger partial charge >= 0.3 is 0 Å². The minimum Gasteiger partial charge on any atom is -0.357 e. The third-order valence-electron chi connectivity index (χ3n) is 5.66. The lowest BCUT2D eigenvalue weighted by Crippen LogP contribution is -2.39. The van der Waals surface area contributed by atoms with Gasteiger partial charge in [-0.1, -0.05) is 44.5 Å². The SMILES string of the molecule is CCNC(=NCc1ccc(CN(CC)CC)cc1)NCCCN1CCCCCC1=O.I. The molecule has 1 aromatic carbocycles. The van der Waals surface area contributed by atoms with Crippen molar-refractivity contribution < 1.29 is 4.79 Å². The molecule has 1 aliphatic heterocycles. The van der Waals surface area contributed by atoms with Gasteiger partial charge in [-0.2, -0.15) is 0 Å². The fourth-order valence-corrected chi connectivity index (χ4v) is 3.72. The van der Waals surface area contributed by atoms with E-state index in [2.05, 4.69) is 60.6 Å². The molecule has 176 valence electrons. The fourth-order valence-electron chi connectivity index (χ4n) is 3.72. The van der Waals surface area contributed by atoms with Crippen molar-refractivity contribution in [3.05, 3.63) is 35.4 Å². The molecule has 1 amide bonds. The molecule has 0 bridgehead atoms. The topological polar surface area (TPSA) is 60.0 Å². The number of hydrogen-bond acceptors (Lipinski definition) is 3. The van der Waals surface area contributed by atoms with Crippen LogP contribution < -0.4 is 10.6 Å². The van der Waals surface area contributed by atoms with Crippen LogP contribution in [0.25, 0.3) is 0 Å². The summed E-state index contributed by atoms with van der Waals surface area (Å²) in [4.78, 5) is 21.3. The Hall–Kier alpha value is -1.35. The van der Waals surface area contributed by atoms with E-state index in [1.54, 1.807) is 0 Å². The Balaban J connectivity index is 0.00000480. The highest BCUT2D eigenvalue weighted by Gasteiger charge is 2.15. The van der Waals surface area contributed by atoms with Crippen LogP contribution >= 0.6 is 24.0 Å². The normalized spacial score (nSPS) is 14.9. The Morgan fingerprint density at radius 1 is 1.03 bits per heavy atom. The van der Waals surface area contributed by atoms with E-state index in [0.717, 1.165) is 71.0 Å². The maximum atomic E-state index is 12.1. The summed E-state index contributed by atoms with van der Waals surface area (Å²) in [6.07, 6.45) is 5.01. The van der Waals surface area contributed by atoms with E-state index in [1.807, 2.05) is 4.90 Å². The lowest BCUT2D eigenvalue weighted by molar-refractivity contribution is -0.130. The second-order valence-corrected chi connectivity index (χ2v) is 7.94. The highest BCUT2D eigenvalue weighted by Crippen LogP contribution is 2.11. The van der Waals surface area contributed by atoms with E-state index in [4.69, 9.17) is 4.99 Å². The lowest BCUT2D eigenvalue weighted by atomic mass is 10.1. The molecule has 0 atom stereocenters. The first-order valence-corrected chi connectivity index (χ1v) is 11.8. The molecule has 0 unspecified atom stereocenters. The number of guanidine groups is 1. The molecule has 0 saturated carbocycles. The van der Waals surface area contributed by atoms with Crippen molar-refractivity contribution in [2.45, 2.75) is 66.0 Å². The molecular weight excluding hydrogens is 501 g/mol. The summed E-state index contributed by atoms with van der Waals surface area (Å²) in [6.45, 7) is 13.7. The van der Waals surface area contributed by atoms with E-state index < -0.39 is 0 Å². The van der Waals surface area contributed by atoms with Crippen LogP contribution in [0.4, 0.5) is 0 Å². The van der Waals surface area contributed by atoms with E-state index >= 15 is 0 Å². The van der Waals surface area contributed by atoms with E-state index in [-0.39, 0.29) is 24.0 Å². The molecule has 1 aliphatic rings. The number of nitrogens with one attached hydrogen (secondary N) is 2. The summed E-state index contributed by atoms with van der Waals surface area (Å²) >= 11 is 0. The van der Waals surface area contributed by atoms with E-state index in [1.165, 1.54) is 17.5 Å². The number of carbonyl (C=O) groups excluding carboxylic acids is 1. The molecule has 1 heterocycles. The van der Waals surface area contributed by atoms with Gasteiger partial charge in [-0.15, -0.1) is 24.0 Å². The Bertz CT molecular complexity index is 646. The van der Waals surface area contributed by atoms with Crippen LogP contribution in [0.3, 0.4) is 0 Å². The summed E-state index contributed by atoms with van der Waals surface area (Å²) in [5, 5.41) is 6.72. The van der Waals surface area contributed by atoms with Crippen molar-refractivity contribution in [1.82, 2.24) is 20.4 Å². The number of halogens is 1. The monoisotopic (exact) mass is 543 g/mol. The summed E-state index contributed by atoms with van der Waals surface area (Å²) in [7, 11) is 0. The van der Waals surface area contributed by atoms with Gasteiger partial charge in [0.2, 0.25) is 5.91 Å². The maximum Gasteiger partial charge on any atom is 0.222 e. The van der Waals surface area contributed by atoms with E-state index in [9.17, 15) is 4.79 Å². The largest absolute Gasteiger partial charge is 0.357 e. The molecule has 2 N–H and O–H groups in total. The molecule has 7 heteroatoms. The average molecular weight is 544 g/mol. The number of hydrogen-bond donors (Lipinski definition) is 2. The van der Waals surface area contributed by atoms with Crippen LogP contribution in [0.1, 0.15) is 64.0 Å². The van der Waals surface area contributed by atoms with E-state index in [0.29, 0.717) is 18.9 Å². The third kappa shape index (κ3) is 10.7. The highest BCUT2D eigenvalue weighted by atomic mass is 127. The van der Waals surface area contributed by atoms with Crippen molar-refractivity contribution >= 4 is 35.8 Å². The Morgan fingerprint density at radius 2 is 1.74 bits per heavy atom. The summed E-state index contributed by atoms with van der Waals surface area (Å²) in [5.41, 5.74) is 2.56. The predicted octanol–water partition coefficient (Wildman–Crippen LogP) is 3.99. The minimum atomic E-state index is 0. The molecular formula is C24H42IN5O. The second kappa shape index (κ2) is 16.3. The first-order chi connectivity index (χ1) is 14.7. The molecule has 0 aromatic heterocycles. The summed E-state index contributed by atoms with van der Waals surface area (Å²) < 4.78 is 0. The zero-order valence-corrected chi connectivity index (χ0v) is 22.0. The van der Waals surface area contributed by atoms with Crippen LogP contribution in [0.15, 0.2) is 29.3 Å². The predicted molar refractivity (Wildman–Crippen MR) is 141 cm³/mol. The van der Waals surface area contributed by atoms with Crippen LogP contribution in [-0.4, -0.2) is 60.9 Å².